The molecule has 0 radical (unpaired) electrons. The van der Waals surface area contributed by atoms with Gasteiger partial charge >= 0.3 is 0 Å². The first kappa shape index (κ1) is 12.9. The van der Waals surface area contributed by atoms with Crippen LogP contribution < -0.4 is 0 Å². The maximum absolute atomic E-state index is 5.39. The van der Waals surface area contributed by atoms with Gasteiger partial charge in [-0.05, 0) is 37.7 Å². The average molecular weight is 291 g/mol. The summed E-state index contributed by atoms with van der Waals surface area (Å²) in [6, 6.07) is 10.2. The molecule has 0 bridgehead atoms. The van der Waals surface area contributed by atoms with Crippen molar-refractivity contribution in [2.45, 2.75) is 31.1 Å². The van der Waals surface area contributed by atoms with Gasteiger partial charge in [0.1, 0.15) is 0 Å². The van der Waals surface area contributed by atoms with E-state index in [4.69, 9.17) is 12.2 Å². The smallest absolute Gasteiger partial charge is 0.195 e. The summed E-state index contributed by atoms with van der Waals surface area (Å²) < 4.78 is 3.14. The van der Waals surface area contributed by atoms with Crippen molar-refractivity contribution in [2.24, 2.45) is 0 Å². The molecule has 0 saturated carbocycles. The van der Waals surface area contributed by atoms with Crippen LogP contribution in [0.25, 0.3) is 11.4 Å². The van der Waals surface area contributed by atoms with E-state index in [0.29, 0.717) is 4.77 Å². The van der Waals surface area contributed by atoms with Crippen molar-refractivity contribution in [3.8, 4) is 11.4 Å². The summed E-state index contributed by atoms with van der Waals surface area (Å²) in [6.07, 6.45) is 2.55. The first-order chi connectivity index (χ1) is 9.18. The minimum Gasteiger partial charge on any atom is -0.299 e. The molecule has 100 valence electrons. The molecule has 1 aromatic carbocycles. The second-order valence-electron chi connectivity index (χ2n) is 5.21. The predicted molar refractivity (Wildman–Crippen MR) is 82.9 cm³/mol. The standard InChI is InChI=1S/C14H17N3S2/c1-14(8-5-9-19-14)10-17-12(15-16-13(17)18)11-6-3-2-4-7-11/h2-4,6-7H,5,8-10H2,1H3,(H,16,18). The Kier molecular flexibility index (Phi) is 3.50. The molecular formula is C14H17N3S2. The van der Waals surface area contributed by atoms with Gasteiger partial charge in [0.15, 0.2) is 10.6 Å². The number of aromatic nitrogens is 3. The molecule has 1 aliphatic heterocycles. The van der Waals surface area contributed by atoms with Gasteiger partial charge in [-0.3, -0.25) is 9.67 Å². The van der Waals surface area contributed by atoms with Crippen molar-refractivity contribution in [2.75, 3.05) is 5.75 Å². The van der Waals surface area contributed by atoms with Crippen molar-refractivity contribution >= 4 is 24.0 Å². The summed E-state index contributed by atoms with van der Waals surface area (Å²) in [7, 11) is 0. The molecule has 1 atom stereocenters. The largest absolute Gasteiger partial charge is 0.299 e. The first-order valence-electron chi connectivity index (χ1n) is 6.53. The number of nitrogens with one attached hydrogen (secondary N) is 1. The molecule has 1 aromatic heterocycles. The van der Waals surface area contributed by atoms with Crippen LogP contribution in [0.2, 0.25) is 0 Å². The number of thioether (sulfide) groups is 1. The van der Waals surface area contributed by atoms with Gasteiger partial charge in [-0.1, -0.05) is 30.3 Å². The highest BCUT2D eigenvalue weighted by Crippen LogP contribution is 2.39. The molecule has 0 aliphatic carbocycles. The van der Waals surface area contributed by atoms with Crippen molar-refractivity contribution in [1.29, 1.82) is 0 Å². The molecule has 3 nitrogen and oxygen atoms in total. The van der Waals surface area contributed by atoms with Gasteiger partial charge in [0, 0.05) is 16.9 Å². The van der Waals surface area contributed by atoms with Crippen LogP contribution in [0.5, 0.6) is 0 Å². The highest BCUT2D eigenvalue weighted by molar-refractivity contribution is 8.00. The Morgan fingerprint density at radius 2 is 2.21 bits per heavy atom. The van der Waals surface area contributed by atoms with E-state index in [1.54, 1.807) is 0 Å². The number of hydrogen-bond acceptors (Lipinski definition) is 3. The summed E-state index contributed by atoms with van der Waals surface area (Å²) in [5, 5.41) is 7.33. The van der Waals surface area contributed by atoms with Gasteiger partial charge in [0.2, 0.25) is 0 Å². The minimum atomic E-state index is 0.283. The molecule has 2 heterocycles. The molecule has 1 unspecified atom stereocenters. The van der Waals surface area contributed by atoms with E-state index in [2.05, 4.69) is 33.8 Å². The lowest BCUT2D eigenvalue weighted by Crippen LogP contribution is -2.24. The molecule has 1 N–H and O–H groups in total. The molecule has 0 spiro atoms. The lowest BCUT2D eigenvalue weighted by molar-refractivity contribution is 0.509. The van der Waals surface area contributed by atoms with Crippen molar-refractivity contribution < 1.29 is 0 Å². The number of benzene rings is 1. The molecule has 0 amide bonds. The van der Waals surface area contributed by atoms with Gasteiger partial charge in [-0.25, -0.2) is 0 Å². The Bertz CT molecular complexity index is 609. The minimum absolute atomic E-state index is 0.283. The van der Waals surface area contributed by atoms with E-state index in [9.17, 15) is 0 Å². The Morgan fingerprint density at radius 1 is 1.42 bits per heavy atom. The van der Waals surface area contributed by atoms with Crippen molar-refractivity contribution in [1.82, 2.24) is 14.8 Å². The quantitative estimate of drug-likeness (QED) is 0.871. The van der Waals surface area contributed by atoms with Crippen LogP contribution in [0.15, 0.2) is 30.3 Å². The summed E-state index contributed by atoms with van der Waals surface area (Å²) in [6.45, 7) is 3.26. The summed E-state index contributed by atoms with van der Waals surface area (Å²) >= 11 is 7.44. The topological polar surface area (TPSA) is 33.6 Å². The molecule has 2 aromatic rings. The third kappa shape index (κ3) is 2.62. The Balaban J connectivity index is 1.98. The van der Waals surface area contributed by atoms with Crippen LogP contribution in [0.1, 0.15) is 19.8 Å². The number of hydrogen-bond donors (Lipinski definition) is 1. The van der Waals surface area contributed by atoms with Gasteiger partial charge in [-0.2, -0.15) is 16.9 Å². The van der Waals surface area contributed by atoms with Gasteiger partial charge < -0.3 is 0 Å². The third-order valence-corrected chi connectivity index (χ3v) is 5.42. The lowest BCUT2D eigenvalue weighted by atomic mass is 10.1. The molecule has 1 fully saturated rings. The van der Waals surface area contributed by atoms with E-state index in [1.807, 2.05) is 30.0 Å². The zero-order valence-electron chi connectivity index (χ0n) is 10.9. The fourth-order valence-corrected chi connectivity index (χ4v) is 4.06. The van der Waals surface area contributed by atoms with Crippen LogP contribution in [-0.4, -0.2) is 25.3 Å². The van der Waals surface area contributed by atoms with E-state index in [1.165, 1.54) is 18.6 Å². The molecule has 1 saturated heterocycles. The van der Waals surface area contributed by atoms with E-state index in [0.717, 1.165) is 17.9 Å². The monoisotopic (exact) mass is 291 g/mol. The third-order valence-electron chi connectivity index (χ3n) is 3.58. The van der Waals surface area contributed by atoms with Crippen molar-refractivity contribution in [3.63, 3.8) is 0 Å². The van der Waals surface area contributed by atoms with Gasteiger partial charge in [-0.15, -0.1) is 0 Å². The zero-order chi connectivity index (χ0) is 13.3. The van der Waals surface area contributed by atoms with Crippen LogP contribution in [0, 0.1) is 4.77 Å². The highest BCUT2D eigenvalue weighted by Gasteiger charge is 2.31. The number of rotatable bonds is 3. The normalized spacial score (nSPS) is 22.8. The van der Waals surface area contributed by atoms with Gasteiger partial charge in [0.05, 0.1) is 0 Å². The second kappa shape index (κ2) is 5.13. The average Bonchev–Trinajstić information content (AvgIpc) is 2.99. The zero-order valence-corrected chi connectivity index (χ0v) is 12.6. The molecule has 5 heteroatoms. The summed E-state index contributed by atoms with van der Waals surface area (Å²) in [5.41, 5.74) is 1.11. The van der Waals surface area contributed by atoms with Crippen LogP contribution in [-0.2, 0) is 6.54 Å². The predicted octanol–water partition coefficient (Wildman–Crippen LogP) is 3.89. The molecule has 1 aliphatic rings. The summed E-state index contributed by atoms with van der Waals surface area (Å²) in [4.78, 5) is 0. The number of aromatic amines is 1. The first-order valence-corrected chi connectivity index (χ1v) is 7.92. The maximum atomic E-state index is 5.39. The fraction of sp³-hybridized carbons (Fsp3) is 0.429. The highest BCUT2D eigenvalue weighted by atomic mass is 32.2. The van der Waals surface area contributed by atoms with Crippen molar-refractivity contribution in [3.05, 3.63) is 35.1 Å². The van der Waals surface area contributed by atoms with Crippen LogP contribution in [0.3, 0.4) is 0 Å². The van der Waals surface area contributed by atoms with E-state index >= 15 is 0 Å². The number of nitrogens with zero attached hydrogens (tertiary/aromatic N) is 2. The van der Waals surface area contributed by atoms with E-state index in [-0.39, 0.29) is 4.75 Å². The Labute approximate surface area is 122 Å². The molecule has 3 rings (SSSR count). The van der Waals surface area contributed by atoms with Crippen LogP contribution >= 0.6 is 24.0 Å². The number of H-pyrrole nitrogens is 1. The SMILES string of the molecule is CC1(Cn2c(-c3ccccc3)n[nH]c2=S)CCCS1. The lowest BCUT2D eigenvalue weighted by Gasteiger charge is -2.23. The second-order valence-corrected chi connectivity index (χ2v) is 7.28. The fourth-order valence-electron chi connectivity index (χ4n) is 2.57. The van der Waals surface area contributed by atoms with Gasteiger partial charge in [0.25, 0.3) is 0 Å². The maximum Gasteiger partial charge on any atom is 0.195 e. The molecular weight excluding hydrogens is 274 g/mol. The Hall–Kier alpha value is -1.07. The molecule has 19 heavy (non-hydrogen) atoms. The summed E-state index contributed by atoms with van der Waals surface area (Å²) in [5.74, 6) is 2.20. The van der Waals surface area contributed by atoms with E-state index < -0.39 is 0 Å². The Morgan fingerprint density at radius 3 is 2.89 bits per heavy atom. The van der Waals surface area contributed by atoms with Crippen LogP contribution in [0.4, 0.5) is 0 Å².